The number of anilines is 5. The molecule has 2 aliphatic rings. The highest BCUT2D eigenvalue weighted by molar-refractivity contribution is 9.11. The number of aromatic nitrogens is 8. The van der Waals surface area contributed by atoms with Crippen LogP contribution in [0.15, 0.2) is 79.7 Å². The van der Waals surface area contributed by atoms with Crippen molar-refractivity contribution in [1.29, 1.82) is 0 Å². The maximum atomic E-state index is 11.4. The molecule has 2 aromatic carbocycles. The summed E-state index contributed by atoms with van der Waals surface area (Å²) in [6, 6.07) is 14.9. The monoisotopic (exact) mass is 874 g/mol. The third kappa shape index (κ3) is 7.85. The number of aromatic hydroxyl groups is 1. The third-order valence-corrected chi connectivity index (χ3v) is 9.93. The molecule has 19 heteroatoms. The first-order chi connectivity index (χ1) is 27.2. The Bertz CT molecular complexity index is 2950. The number of nitrogens with one attached hydrogen (secondary N) is 5. The van der Waals surface area contributed by atoms with E-state index in [9.17, 15) is 14.7 Å². The lowest BCUT2D eigenvalue weighted by molar-refractivity contribution is 0.112. The molecule has 5 heterocycles. The van der Waals surface area contributed by atoms with Crippen molar-refractivity contribution in [3.05, 3.63) is 125 Å². The lowest BCUT2D eigenvalue weighted by Gasteiger charge is -2.12. The summed E-state index contributed by atoms with van der Waals surface area (Å²) in [5.41, 5.74) is 4.44. The first kappa shape index (κ1) is 36.2. The maximum Gasteiger partial charge on any atom is 0.326 e. The first-order valence-electron chi connectivity index (χ1n) is 17.1. The molecule has 5 aromatic heterocycles. The first-order valence-corrected chi connectivity index (χ1v) is 18.7. The lowest BCUT2D eigenvalue weighted by atomic mass is 10.3. The number of halogens is 2. The number of hydrogen-bond donors (Lipinski definition) is 6. The third-order valence-electron chi connectivity index (χ3n) is 8.62. The maximum absolute atomic E-state index is 11.4. The van der Waals surface area contributed by atoms with Gasteiger partial charge in [-0.3, -0.25) is 14.8 Å². The number of H-pyrrole nitrogens is 2. The Kier molecular flexibility index (Phi) is 9.77. The van der Waals surface area contributed by atoms with Crippen molar-refractivity contribution >= 4 is 95.7 Å². The van der Waals surface area contributed by atoms with Crippen molar-refractivity contribution in [3.63, 3.8) is 0 Å². The van der Waals surface area contributed by atoms with Gasteiger partial charge in [-0.1, -0.05) is 12.1 Å². The average molecular weight is 877 g/mol. The predicted octanol–water partition coefficient (Wildman–Crippen LogP) is 6.29. The van der Waals surface area contributed by atoms with E-state index >= 15 is 0 Å². The molecule has 2 fully saturated rings. The van der Waals surface area contributed by atoms with Crippen LogP contribution < -0.4 is 32.3 Å². The van der Waals surface area contributed by atoms with E-state index in [1.807, 2.05) is 18.2 Å². The zero-order valence-corrected chi connectivity index (χ0v) is 32.1. The number of hydrogen-bond acceptors (Lipinski definition) is 11. The van der Waals surface area contributed by atoms with Gasteiger partial charge in [0.25, 0.3) is 0 Å². The van der Waals surface area contributed by atoms with Gasteiger partial charge in [0.15, 0.2) is 34.4 Å². The molecule has 0 saturated heterocycles. The number of nitrogens with zero attached hydrogens (tertiary/aromatic N) is 9. The molecule has 2 saturated carbocycles. The summed E-state index contributed by atoms with van der Waals surface area (Å²) in [5, 5.41) is 29.0. The molecule has 0 unspecified atom stereocenters. The largest absolute Gasteiger partial charge is 0.493 e. The Hall–Kier alpha value is -6.83. The smallest absolute Gasteiger partial charge is 0.326 e. The van der Waals surface area contributed by atoms with Crippen molar-refractivity contribution in [3.8, 4) is 5.88 Å². The van der Waals surface area contributed by atoms with Crippen molar-refractivity contribution < 1.29 is 9.90 Å². The van der Waals surface area contributed by atoms with Gasteiger partial charge in [-0.15, -0.1) is 0 Å². The highest BCUT2D eigenvalue weighted by atomic mass is 79.9. The van der Waals surface area contributed by atoms with Crippen LogP contribution in [-0.4, -0.2) is 62.6 Å². The molecule has 0 bridgehead atoms. The molecule has 6 N–H and O–H groups in total. The van der Waals surface area contributed by atoms with Crippen LogP contribution in [0.25, 0.3) is 27.1 Å². The summed E-state index contributed by atoms with van der Waals surface area (Å²) in [4.78, 5) is 48.2. The minimum Gasteiger partial charge on any atom is -0.493 e. The van der Waals surface area contributed by atoms with Crippen molar-refractivity contribution in [2.45, 2.75) is 37.8 Å². The molecular weight excluding hydrogens is 848 g/mol. The van der Waals surface area contributed by atoms with Crippen LogP contribution in [0.5, 0.6) is 5.88 Å². The van der Waals surface area contributed by atoms with Gasteiger partial charge in [0.05, 0.1) is 48.5 Å². The summed E-state index contributed by atoms with van der Waals surface area (Å²) in [5.74, 6) is 1.67. The minimum absolute atomic E-state index is 0.234. The van der Waals surface area contributed by atoms with Crippen LogP contribution in [0.4, 0.5) is 40.2 Å². The van der Waals surface area contributed by atoms with E-state index in [0.717, 1.165) is 58.1 Å². The molecular formula is C37H28Br2N14O3. The quantitative estimate of drug-likeness (QED) is 0.0707. The topological polar surface area (TPSA) is 204 Å². The summed E-state index contributed by atoms with van der Waals surface area (Å²) in [6.07, 6.45) is 9.77. The molecule has 56 heavy (non-hydrogen) atoms. The van der Waals surface area contributed by atoms with E-state index in [-0.39, 0.29) is 17.6 Å². The fraction of sp³-hybridized carbons (Fsp3) is 0.162. The van der Waals surface area contributed by atoms with Crippen molar-refractivity contribution in [1.82, 2.24) is 39.2 Å². The number of benzene rings is 2. The van der Waals surface area contributed by atoms with E-state index in [2.05, 4.69) is 87.6 Å². The molecule has 7 aromatic rings. The fourth-order valence-electron chi connectivity index (χ4n) is 5.55. The van der Waals surface area contributed by atoms with Crippen molar-refractivity contribution in [2.75, 3.05) is 16.0 Å². The normalized spacial score (nSPS) is 14.2. The van der Waals surface area contributed by atoms with Crippen LogP contribution in [0.2, 0.25) is 0 Å². The summed E-state index contributed by atoms with van der Waals surface area (Å²) >= 11 is 6.94. The molecule has 0 aliphatic heterocycles. The van der Waals surface area contributed by atoms with Gasteiger partial charge in [0.1, 0.15) is 23.1 Å². The van der Waals surface area contributed by atoms with E-state index in [1.54, 1.807) is 51.6 Å². The summed E-state index contributed by atoms with van der Waals surface area (Å²) < 4.78 is 4.78. The Morgan fingerprint density at radius 1 is 0.857 bits per heavy atom. The number of carbonyl (C=O) groups is 1. The van der Waals surface area contributed by atoms with Crippen LogP contribution in [0.1, 0.15) is 41.7 Å². The van der Waals surface area contributed by atoms with E-state index < -0.39 is 5.69 Å². The second-order valence-electron chi connectivity index (χ2n) is 12.9. The molecule has 0 spiro atoms. The molecule has 0 radical (unpaired) electrons. The van der Waals surface area contributed by atoms with Crippen LogP contribution in [0.3, 0.4) is 0 Å². The van der Waals surface area contributed by atoms with E-state index in [1.165, 1.54) is 6.20 Å². The number of aldehydes is 1. The minimum atomic E-state index is -0.507. The highest BCUT2D eigenvalue weighted by Gasteiger charge is 2.23. The molecule has 9 rings (SSSR count). The van der Waals surface area contributed by atoms with Crippen molar-refractivity contribution in [2.24, 2.45) is 4.99 Å². The lowest BCUT2D eigenvalue weighted by Crippen LogP contribution is -2.19. The second kappa shape index (κ2) is 15.1. The Morgan fingerprint density at radius 3 is 2.07 bits per heavy atom. The number of fused-ring (bicyclic) bond motifs is 2. The standard InChI is InChI=1S/C20H15BrN8O2.C17H13BrN6O/c1-22-12-4-5-14(13(21)7-12)25-16-8-17(24-11-2-3-11)29-18(27-16)10(9-23-29)6-15-19(30)28-20(31)26-15;1-19-12-4-5-14(13(18)6-12)22-15-7-16(21-11-2-3-11)24-17(23-15)10(9-25)8-20-24/h4-9,11,25,30H,2-3H2,(H2,26,28,31);4-9,11,21H,2-3H2,(H,22,23). The number of rotatable bonds is 9. The van der Waals surface area contributed by atoms with Gasteiger partial charge >= 0.3 is 5.69 Å². The van der Waals surface area contributed by atoms with Crippen LogP contribution >= 0.6 is 31.9 Å². The zero-order valence-electron chi connectivity index (χ0n) is 29.0. The van der Waals surface area contributed by atoms with Gasteiger partial charge in [-0.25, -0.2) is 24.5 Å². The molecule has 0 amide bonds. The molecule has 17 nitrogen and oxygen atoms in total. The fourth-order valence-corrected chi connectivity index (χ4v) is 6.48. The van der Waals surface area contributed by atoms with Gasteiger partial charge in [0, 0.05) is 32.3 Å². The van der Waals surface area contributed by atoms with Crippen LogP contribution in [0, 0.1) is 13.1 Å². The summed E-state index contributed by atoms with van der Waals surface area (Å²) in [6.45, 7) is 14.2. The van der Waals surface area contributed by atoms with Gasteiger partial charge < -0.3 is 26.0 Å². The summed E-state index contributed by atoms with van der Waals surface area (Å²) in [7, 11) is 0. The molecule has 0 atom stereocenters. The Morgan fingerprint density at radius 2 is 1.50 bits per heavy atom. The average Bonchev–Trinajstić information content (AvgIpc) is 4.08. The number of imidazole rings is 1. The molecule has 2 aliphatic carbocycles. The van der Waals surface area contributed by atoms with E-state index in [0.29, 0.717) is 56.6 Å². The van der Waals surface area contributed by atoms with Crippen LogP contribution in [-0.2, 0) is 0 Å². The van der Waals surface area contributed by atoms with Gasteiger partial charge in [0.2, 0.25) is 5.88 Å². The molecule has 278 valence electrons. The number of aromatic amines is 2. The SMILES string of the molecule is [C-]#[N+]c1ccc(Nc2cc(=NC3CC3)n3ncc(=Cc4[nH]c(=O)[nH]c4O)c3n2)c(Br)c1.[C-]#[N+]c1ccc(Nc2cc(NC3CC3)n3ncc(C=O)c3n2)c(Br)c1. The zero-order chi connectivity index (χ0) is 38.9. The second-order valence-corrected chi connectivity index (χ2v) is 14.6. The Balaban J connectivity index is 0.000000161. The highest BCUT2D eigenvalue weighted by Crippen LogP contribution is 2.32. The Labute approximate surface area is 333 Å². The predicted molar refractivity (Wildman–Crippen MR) is 216 cm³/mol. The number of carbonyl (C=O) groups excluding carboxylic acids is 1. The van der Waals surface area contributed by atoms with Gasteiger partial charge in [-0.05, 0) is 87.9 Å². The van der Waals surface area contributed by atoms with Gasteiger partial charge in [-0.2, -0.15) is 19.2 Å². The van der Waals surface area contributed by atoms with E-state index in [4.69, 9.17) is 18.1 Å².